The molecule has 262 valence electrons. The number of benzene rings is 8. The van der Waals surface area contributed by atoms with E-state index in [1.165, 1.54) is 4.57 Å². The zero-order chi connectivity index (χ0) is 44.0. The number of hydrogen-bond donors (Lipinski definition) is 0. The summed E-state index contributed by atoms with van der Waals surface area (Å²) in [6, 6.07) is 44.5. The van der Waals surface area contributed by atoms with E-state index < -0.39 is 24.2 Å². The average Bonchev–Trinajstić information content (AvgIpc) is 3.91. The Morgan fingerprint density at radius 2 is 0.911 bits per heavy atom. The van der Waals surface area contributed by atoms with Crippen LogP contribution in [0.5, 0.6) is 0 Å². The molecule has 0 amide bonds. The normalized spacial score (nSPS) is 13.6. The lowest BCUT2D eigenvalue weighted by Gasteiger charge is -2.15. The number of nitrogens with zero attached hydrogens (tertiary/aromatic N) is 4. The van der Waals surface area contributed by atoms with Crippen LogP contribution < -0.4 is 0 Å². The van der Waals surface area contributed by atoms with Crippen molar-refractivity contribution in [3.8, 4) is 62.1 Å². The third-order valence-electron chi connectivity index (χ3n) is 10.1. The van der Waals surface area contributed by atoms with Crippen molar-refractivity contribution >= 4 is 53.3 Å². The van der Waals surface area contributed by atoms with Gasteiger partial charge in [0.2, 0.25) is 0 Å². The Morgan fingerprint density at radius 3 is 1.61 bits per heavy atom. The van der Waals surface area contributed by atoms with Crippen molar-refractivity contribution in [1.82, 2.24) is 19.5 Å². The predicted octanol–water partition coefficient (Wildman–Crippen LogP) is 13.7. The minimum absolute atomic E-state index is 0.0217. The highest BCUT2D eigenvalue weighted by Gasteiger charge is 2.20. The van der Waals surface area contributed by atoms with Crippen LogP contribution in [0.25, 0.3) is 104 Å². The van der Waals surface area contributed by atoms with Crippen molar-refractivity contribution in [3.63, 3.8) is 0 Å². The maximum atomic E-state index is 9.05. The molecule has 11 aromatic rings. The van der Waals surface area contributed by atoms with Gasteiger partial charge in [0.1, 0.15) is 0 Å². The highest BCUT2D eigenvalue weighted by Crippen LogP contribution is 2.41. The minimum atomic E-state index is -0.488. The first-order valence-corrected chi connectivity index (χ1v) is 18.9. The van der Waals surface area contributed by atoms with Crippen LogP contribution in [-0.2, 0) is 0 Å². The summed E-state index contributed by atoms with van der Waals surface area (Å²) in [5.74, 6) is 1.44. The first kappa shape index (κ1) is 25.0. The average molecular weight is 741 g/mol. The van der Waals surface area contributed by atoms with E-state index in [-0.39, 0.29) is 46.0 Å². The molecule has 0 aliphatic carbocycles. The van der Waals surface area contributed by atoms with Crippen molar-refractivity contribution in [1.29, 1.82) is 0 Å². The van der Waals surface area contributed by atoms with Crippen LogP contribution in [0.1, 0.15) is 11.0 Å². The first-order chi connectivity index (χ1) is 31.1. The van der Waals surface area contributed by atoms with E-state index >= 15 is 0 Å². The molecule has 0 atom stereocenters. The Balaban J connectivity index is 1.16. The maximum absolute atomic E-state index is 9.05. The van der Waals surface area contributed by atoms with Gasteiger partial charge in [-0.25, -0.2) is 15.0 Å². The Kier molecular flexibility index (Phi) is 5.92. The van der Waals surface area contributed by atoms with Crippen molar-refractivity contribution in [3.05, 3.63) is 194 Å². The van der Waals surface area contributed by atoms with Crippen LogP contribution in [0, 0.1) is 0 Å². The molecule has 3 aromatic heterocycles. The lowest BCUT2D eigenvalue weighted by atomic mass is 9.97. The lowest BCUT2D eigenvalue weighted by Crippen LogP contribution is -2.02. The third kappa shape index (κ3) is 5.32. The fraction of sp³-hybridized carbons (Fsp3) is 0. The molecule has 4 nitrogen and oxygen atoms in total. The van der Waals surface area contributed by atoms with Gasteiger partial charge >= 0.3 is 0 Å². The second-order valence-corrected chi connectivity index (χ2v) is 14.4. The summed E-state index contributed by atoms with van der Waals surface area (Å²) in [7, 11) is 0. The Bertz CT molecular complexity index is 3660. The molecule has 0 aliphatic rings. The van der Waals surface area contributed by atoms with Crippen LogP contribution in [0.15, 0.2) is 194 Å². The monoisotopic (exact) mass is 740 g/mol. The number of hydrogen-bond acceptors (Lipinski definition) is 4. The zero-order valence-corrected chi connectivity index (χ0v) is 30.4. The van der Waals surface area contributed by atoms with Gasteiger partial charge in [-0.05, 0) is 58.6 Å². The van der Waals surface area contributed by atoms with E-state index in [0.29, 0.717) is 34.3 Å². The van der Waals surface area contributed by atoms with Gasteiger partial charge in [-0.3, -0.25) is 0 Å². The molecular formula is C51H32N4S. The molecule has 0 fully saturated rings. The van der Waals surface area contributed by atoms with Crippen molar-refractivity contribution < 1.29 is 11.0 Å². The van der Waals surface area contributed by atoms with E-state index in [1.807, 2.05) is 103 Å². The summed E-state index contributed by atoms with van der Waals surface area (Å²) in [4.78, 5) is 15.7. The van der Waals surface area contributed by atoms with Crippen molar-refractivity contribution in [2.24, 2.45) is 0 Å². The molecule has 0 N–H and O–H groups in total. The second-order valence-electron chi connectivity index (χ2n) is 13.4. The molecule has 0 aliphatic heterocycles. The highest BCUT2D eigenvalue weighted by atomic mass is 32.1. The molecule has 0 saturated heterocycles. The molecule has 0 radical (unpaired) electrons. The lowest BCUT2D eigenvalue weighted by molar-refractivity contribution is 1.08. The second kappa shape index (κ2) is 13.3. The zero-order valence-electron chi connectivity index (χ0n) is 37.6. The van der Waals surface area contributed by atoms with E-state index in [4.69, 9.17) is 25.9 Å². The van der Waals surface area contributed by atoms with Gasteiger partial charge in [0, 0.05) is 53.3 Å². The number of aromatic nitrogens is 4. The van der Waals surface area contributed by atoms with Crippen LogP contribution >= 0.6 is 11.3 Å². The number of para-hydroxylation sites is 2. The van der Waals surface area contributed by atoms with Crippen LogP contribution in [0.3, 0.4) is 0 Å². The summed E-state index contributed by atoms with van der Waals surface area (Å²) in [6.07, 6.45) is 0. The quantitative estimate of drug-likeness (QED) is 0.170. The predicted molar refractivity (Wildman–Crippen MR) is 234 cm³/mol. The van der Waals surface area contributed by atoms with Gasteiger partial charge in [-0.2, -0.15) is 0 Å². The van der Waals surface area contributed by atoms with Gasteiger partial charge in [-0.1, -0.05) is 158 Å². The topological polar surface area (TPSA) is 43.6 Å². The van der Waals surface area contributed by atoms with Crippen molar-refractivity contribution in [2.45, 2.75) is 0 Å². The molecule has 0 saturated carbocycles. The van der Waals surface area contributed by atoms with Crippen LogP contribution in [0.2, 0.25) is 0 Å². The molecule has 0 bridgehead atoms. The Labute approximate surface area is 338 Å². The molecular weight excluding hydrogens is 701 g/mol. The summed E-state index contributed by atoms with van der Waals surface area (Å²) in [6.45, 7) is 0. The van der Waals surface area contributed by atoms with Gasteiger partial charge in [0.25, 0.3) is 0 Å². The Hall–Kier alpha value is -7.21. The minimum Gasteiger partial charge on any atom is -0.309 e. The molecule has 0 spiro atoms. The van der Waals surface area contributed by atoms with Gasteiger partial charge in [0.05, 0.1) is 22.0 Å². The summed E-state index contributed by atoms with van der Waals surface area (Å²) >= 11 is 1.70. The van der Waals surface area contributed by atoms with E-state index in [9.17, 15) is 0 Å². The number of rotatable bonds is 6. The van der Waals surface area contributed by atoms with Gasteiger partial charge in [-0.15, -0.1) is 11.3 Å². The van der Waals surface area contributed by atoms with Crippen LogP contribution in [-0.4, -0.2) is 19.5 Å². The largest absolute Gasteiger partial charge is 0.309 e. The fourth-order valence-corrected chi connectivity index (χ4v) is 8.84. The number of fused-ring (bicyclic) bond motifs is 6. The Morgan fingerprint density at radius 1 is 0.411 bits per heavy atom. The van der Waals surface area contributed by atoms with Gasteiger partial charge in [0.15, 0.2) is 17.5 Å². The molecule has 56 heavy (non-hydrogen) atoms. The van der Waals surface area contributed by atoms with E-state index in [0.717, 1.165) is 48.0 Å². The summed E-state index contributed by atoms with van der Waals surface area (Å²) in [5.41, 5.74) is 6.42. The fourth-order valence-electron chi connectivity index (χ4n) is 7.63. The molecule has 3 heterocycles. The van der Waals surface area contributed by atoms with E-state index in [2.05, 4.69) is 36.4 Å². The number of thiophene rings is 1. The molecule has 5 heteroatoms. The molecule has 11 rings (SSSR count). The SMILES string of the molecule is [2H]c1c([2H])c([2H])c2c(c1[2H])c1c([2H])c([2H])c([2H])c([2H])c1n2-c1cccc(-c2ccccc2-c2nc(-c3ccccc3-c3ccccc3)nc(-c3cccc4c3sc3ccccc34)n2)c1. The summed E-state index contributed by atoms with van der Waals surface area (Å²) in [5, 5.41) is 2.32. The standard InChI is InChI=1S/C51H32N4S/c1-2-16-33(17-3-1)36-20-4-6-25-42(36)49-52-50(54-51(53-49)44-28-15-27-41-40-24-10-13-31-47(40)56-48(41)44)43-26-7-5-21-37(43)34-18-14-19-35(32-34)55-45-29-11-8-22-38(45)39-23-9-12-30-46(39)55/h1-32H/i8D,9D,11D,12D,22D,23D,29D,30D. The third-order valence-corrected chi connectivity index (χ3v) is 11.4. The van der Waals surface area contributed by atoms with Crippen LogP contribution in [0.4, 0.5) is 0 Å². The molecule has 0 unspecified atom stereocenters. The summed E-state index contributed by atoms with van der Waals surface area (Å²) < 4.78 is 73.8. The highest BCUT2D eigenvalue weighted by molar-refractivity contribution is 7.26. The smallest absolute Gasteiger partial charge is 0.165 e. The van der Waals surface area contributed by atoms with E-state index in [1.54, 1.807) is 17.4 Å². The maximum Gasteiger partial charge on any atom is 0.165 e. The molecule has 8 aromatic carbocycles. The first-order valence-electron chi connectivity index (χ1n) is 22.1. The van der Waals surface area contributed by atoms with Crippen molar-refractivity contribution in [2.75, 3.05) is 0 Å². The van der Waals surface area contributed by atoms with Gasteiger partial charge < -0.3 is 4.57 Å².